The summed E-state index contributed by atoms with van der Waals surface area (Å²) in [5, 5.41) is 0. The molecule has 0 aliphatic rings. The smallest absolute Gasteiger partial charge is 0.462 e. The molecule has 0 aromatic heterocycles. The van der Waals surface area contributed by atoms with E-state index in [2.05, 4.69) is 74.6 Å². The van der Waals surface area contributed by atoms with Crippen LogP contribution in [0.2, 0.25) is 0 Å². The minimum atomic E-state index is -4.39. The van der Waals surface area contributed by atoms with Crippen molar-refractivity contribution in [2.45, 2.75) is 380 Å². The number of likely N-dealkylation sites (N-methyl/N-ethyl adjacent to an activating group) is 1. The van der Waals surface area contributed by atoms with Crippen LogP contribution >= 0.6 is 7.82 Å². The fourth-order valence-corrected chi connectivity index (χ4v) is 12.0. The van der Waals surface area contributed by atoms with E-state index in [4.69, 9.17) is 18.5 Å². The van der Waals surface area contributed by atoms with Crippen LogP contribution < -0.4 is 0 Å². The zero-order chi connectivity index (χ0) is 64.1. The Morgan fingerprint density at radius 3 is 0.977 bits per heavy atom. The number of quaternary nitrogens is 1. The summed E-state index contributed by atoms with van der Waals surface area (Å²) >= 11 is 0. The maximum atomic E-state index is 12.9. The van der Waals surface area contributed by atoms with Gasteiger partial charge in [0.25, 0.3) is 0 Å². The molecule has 0 fully saturated rings. The summed E-state index contributed by atoms with van der Waals surface area (Å²) in [6, 6.07) is 0. The van der Waals surface area contributed by atoms with Crippen LogP contribution in [0.5, 0.6) is 0 Å². The molecule has 2 unspecified atom stereocenters. The molecule has 9 nitrogen and oxygen atoms in total. The van der Waals surface area contributed by atoms with Crippen molar-refractivity contribution in [1.29, 1.82) is 0 Å². The van der Waals surface area contributed by atoms with E-state index in [1.807, 2.05) is 21.1 Å². The van der Waals surface area contributed by atoms with Gasteiger partial charge in [-0.25, -0.2) is 4.57 Å². The Morgan fingerprint density at radius 2 is 0.648 bits per heavy atom. The summed E-state index contributed by atoms with van der Waals surface area (Å²) in [5.74, 6) is -0.776. The third-order valence-corrected chi connectivity index (χ3v) is 18.0. The summed E-state index contributed by atoms with van der Waals surface area (Å²) in [6.45, 7) is 4.39. The molecule has 0 saturated heterocycles. The summed E-state index contributed by atoms with van der Waals surface area (Å²) in [6.07, 6.45) is 92.1. The van der Waals surface area contributed by atoms with Crippen molar-refractivity contribution in [1.82, 2.24) is 0 Å². The Balaban J connectivity index is 3.93. The molecule has 1 N–H and O–H groups in total. The van der Waals surface area contributed by atoms with Crippen molar-refractivity contribution in [2.24, 2.45) is 0 Å². The lowest BCUT2D eigenvalue weighted by Crippen LogP contribution is -2.37. The van der Waals surface area contributed by atoms with Gasteiger partial charge in [-0.3, -0.25) is 18.6 Å². The van der Waals surface area contributed by atoms with Crippen molar-refractivity contribution < 1.29 is 42.1 Å². The molecular formula is C78H147NO8P+. The van der Waals surface area contributed by atoms with E-state index in [0.717, 1.165) is 57.8 Å². The monoisotopic (exact) mass is 1260 g/mol. The Bertz CT molecular complexity index is 1670. The van der Waals surface area contributed by atoms with Crippen LogP contribution in [0, 0.1) is 0 Å². The third kappa shape index (κ3) is 72.8. The number of hydrogen-bond acceptors (Lipinski definition) is 7. The SMILES string of the molecule is CC/C=C\C/C=C\C/C=C\C/C=C\CCCCCCCCCCCCCCCCCCCCCCCCCCC(=O)OC(COC(=O)CCCCCCCCCCCCCCCCC/C=C\CCCCCCCCCC)COP(=O)(O)OCC[N+](C)(C)C. The van der Waals surface area contributed by atoms with Gasteiger partial charge < -0.3 is 18.9 Å². The van der Waals surface area contributed by atoms with Gasteiger partial charge >= 0.3 is 19.8 Å². The number of ether oxygens (including phenoxy) is 2. The minimum absolute atomic E-state index is 0.0340. The maximum Gasteiger partial charge on any atom is 0.472 e. The van der Waals surface area contributed by atoms with E-state index in [1.165, 1.54) is 283 Å². The predicted molar refractivity (Wildman–Crippen MR) is 381 cm³/mol. The third-order valence-electron chi connectivity index (χ3n) is 17.0. The standard InChI is InChI=1S/C78H146NO8P/c1-6-8-10-12-14-16-18-20-22-24-26-28-30-32-34-35-36-37-38-39-40-41-42-43-45-47-49-51-53-55-57-59-61-63-65-67-69-71-78(81)87-76(75-86-88(82,83)85-73-72-79(3,4)5)74-84-77(80)70-68-66-64-62-60-58-56-54-52-50-48-46-44-33-31-29-27-25-23-21-19-17-15-13-11-9-7-2/h8,10,14,16,20,22,25-28,76H,6-7,9,11-13,15,17-19,21,23-24,29-75H2,1-5H3/p+1/b10-8-,16-14-,22-20-,27-25-,28-26-. The van der Waals surface area contributed by atoms with Gasteiger partial charge in [0.2, 0.25) is 0 Å². The topological polar surface area (TPSA) is 108 Å². The van der Waals surface area contributed by atoms with Crippen LogP contribution in [0.1, 0.15) is 373 Å². The molecule has 0 bridgehead atoms. The summed E-state index contributed by atoms with van der Waals surface area (Å²) in [4.78, 5) is 35.9. The molecule has 10 heteroatoms. The fourth-order valence-electron chi connectivity index (χ4n) is 11.2. The number of phosphoric acid groups is 1. The van der Waals surface area contributed by atoms with Crippen molar-refractivity contribution in [3.63, 3.8) is 0 Å². The molecule has 0 aromatic carbocycles. The first-order chi connectivity index (χ1) is 43.0. The zero-order valence-electron chi connectivity index (χ0n) is 59.0. The molecular weight excluding hydrogens is 1110 g/mol. The van der Waals surface area contributed by atoms with Crippen LogP contribution in [0.25, 0.3) is 0 Å². The van der Waals surface area contributed by atoms with Gasteiger partial charge in [-0.05, 0) is 77.0 Å². The Kier molecular flexibility index (Phi) is 67.3. The number of hydrogen-bond donors (Lipinski definition) is 1. The lowest BCUT2D eigenvalue weighted by molar-refractivity contribution is -0.870. The van der Waals surface area contributed by atoms with Crippen LogP contribution in [0.3, 0.4) is 0 Å². The van der Waals surface area contributed by atoms with E-state index in [9.17, 15) is 19.0 Å². The van der Waals surface area contributed by atoms with Gasteiger partial charge in [0.15, 0.2) is 6.10 Å². The molecule has 0 saturated carbocycles. The van der Waals surface area contributed by atoms with E-state index < -0.39 is 26.5 Å². The molecule has 516 valence electrons. The van der Waals surface area contributed by atoms with Crippen molar-refractivity contribution in [2.75, 3.05) is 47.5 Å². The van der Waals surface area contributed by atoms with Gasteiger partial charge in [-0.15, -0.1) is 0 Å². The highest BCUT2D eigenvalue weighted by Crippen LogP contribution is 2.43. The largest absolute Gasteiger partial charge is 0.472 e. The first kappa shape index (κ1) is 85.7. The lowest BCUT2D eigenvalue weighted by Gasteiger charge is -2.24. The lowest BCUT2D eigenvalue weighted by atomic mass is 10.0. The average Bonchev–Trinajstić information content (AvgIpc) is 3.68. The number of nitrogens with zero attached hydrogens (tertiary/aromatic N) is 1. The molecule has 88 heavy (non-hydrogen) atoms. The molecule has 0 aliphatic heterocycles. The molecule has 0 amide bonds. The second-order valence-corrected chi connectivity index (χ2v) is 28.5. The van der Waals surface area contributed by atoms with Gasteiger partial charge in [-0.1, -0.05) is 344 Å². The molecule has 0 heterocycles. The average molecular weight is 1260 g/mol. The Labute approximate surface area is 546 Å². The number of esters is 2. The number of allylic oxidation sites excluding steroid dienone is 10. The fraction of sp³-hybridized carbons (Fsp3) is 0.846. The van der Waals surface area contributed by atoms with Crippen LogP contribution in [0.15, 0.2) is 60.8 Å². The van der Waals surface area contributed by atoms with Gasteiger partial charge in [0, 0.05) is 12.8 Å². The molecule has 0 aromatic rings. The molecule has 0 rings (SSSR count). The minimum Gasteiger partial charge on any atom is -0.462 e. The summed E-state index contributed by atoms with van der Waals surface area (Å²) in [5.41, 5.74) is 0. The normalized spacial score (nSPS) is 13.4. The second kappa shape index (κ2) is 69.1. The Morgan fingerprint density at radius 1 is 0.364 bits per heavy atom. The zero-order valence-corrected chi connectivity index (χ0v) is 59.9. The highest BCUT2D eigenvalue weighted by atomic mass is 31.2. The van der Waals surface area contributed by atoms with E-state index in [1.54, 1.807) is 0 Å². The van der Waals surface area contributed by atoms with E-state index >= 15 is 0 Å². The van der Waals surface area contributed by atoms with Crippen molar-refractivity contribution in [3.05, 3.63) is 60.8 Å². The van der Waals surface area contributed by atoms with Gasteiger partial charge in [0.1, 0.15) is 19.8 Å². The van der Waals surface area contributed by atoms with Gasteiger partial charge in [-0.2, -0.15) is 0 Å². The van der Waals surface area contributed by atoms with Crippen LogP contribution in [-0.2, 0) is 32.7 Å². The van der Waals surface area contributed by atoms with E-state index in [-0.39, 0.29) is 25.6 Å². The van der Waals surface area contributed by atoms with Crippen LogP contribution in [-0.4, -0.2) is 74.9 Å². The second-order valence-electron chi connectivity index (χ2n) is 27.0. The first-order valence-electron chi connectivity index (χ1n) is 38.0. The van der Waals surface area contributed by atoms with Crippen molar-refractivity contribution in [3.8, 4) is 0 Å². The molecule has 2 atom stereocenters. The number of carbonyl (C=O) groups is 2. The van der Waals surface area contributed by atoms with E-state index in [0.29, 0.717) is 23.9 Å². The summed E-state index contributed by atoms with van der Waals surface area (Å²) < 4.78 is 34.8. The highest BCUT2D eigenvalue weighted by molar-refractivity contribution is 7.47. The molecule has 0 spiro atoms. The quantitative estimate of drug-likeness (QED) is 0.0211. The van der Waals surface area contributed by atoms with Crippen molar-refractivity contribution >= 4 is 19.8 Å². The number of phosphoric ester groups is 1. The number of rotatable bonds is 71. The summed E-state index contributed by atoms with van der Waals surface area (Å²) in [7, 11) is 1.50. The number of carbonyl (C=O) groups excluding carboxylic acids is 2. The molecule has 0 aliphatic carbocycles. The maximum absolute atomic E-state index is 12.9. The van der Waals surface area contributed by atoms with Crippen LogP contribution in [0.4, 0.5) is 0 Å². The predicted octanol–water partition coefficient (Wildman–Crippen LogP) is 24.9. The highest BCUT2D eigenvalue weighted by Gasteiger charge is 2.27. The Hall–Kier alpha value is -2.29. The number of unbranched alkanes of at least 4 members (excludes halogenated alkanes) is 47. The first-order valence-corrected chi connectivity index (χ1v) is 39.5. The van der Waals surface area contributed by atoms with Gasteiger partial charge in [0.05, 0.1) is 27.7 Å². The molecule has 0 radical (unpaired) electrons.